The average Bonchev–Trinajstić information content (AvgIpc) is 3.39. The van der Waals surface area contributed by atoms with E-state index in [4.69, 9.17) is 9.84 Å². The number of unbranched alkanes of at least 4 members (excludes halogenated alkanes) is 2. The van der Waals surface area contributed by atoms with Crippen molar-refractivity contribution < 1.29 is 29.3 Å². The van der Waals surface area contributed by atoms with E-state index in [1.165, 1.54) is 0 Å². The molecule has 3 heterocycles. The van der Waals surface area contributed by atoms with Crippen LogP contribution in [-0.2, 0) is 19.1 Å². The Morgan fingerprint density at radius 1 is 1.29 bits per heavy atom. The number of ether oxygens (including phenoxy) is 1. The highest BCUT2D eigenvalue weighted by Crippen LogP contribution is 2.60. The van der Waals surface area contributed by atoms with Crippen molar-refractivity contribution in [2.75, 3.05) is 24.6 Å². The lowest BCUT2D eigenvalue weighted by Gasteiger charge is -2.37. The lowest BCUT2D eigenvalue weighted by molar-refractivity contribution is -0.149. The molecule has 4 rings (SSSR count). The Bertz CT molecular complexity index is 1010. The standard InChI is InChI=1S/C26H33BrN2O6/c1-4-11-28(20-15(2)9-8-10-16(20)3)24(32)22-26-14-17(27)21(35-26)18(25(33)34)19(26)23(31)29(22)12-6-5-7-13-30/h4,8-10,17-19,21-22,30H,1,5-7,11-14H2,2-3H3,(H,33,34)/t17?,18-,19+,21-,22?,26?/m1/s1. The van der Waals surface area contributed by atoms with Gasteiger partial charge in [0.1, 0.15) is 11.6 Å². The quantitative estimate of drug-likeness (QED) is 0.264. The number of aliphatic hydroxyl groups excluding tert-OH is 1. The lowest BCUT2D eigenvalue weighted by atomic mass is 9.70. The maximum absolute atomic E-state index is 14.4. The molecule has 3 fully saturated rings. The van der Waals surface area contributed by atoms with E-state index < -0.39 is 35.6 Å². The Morgan fingerprint density at radius 2 is 1.97 bits per heavy atom. The molecule has 0 saturated carbocycles. The van der Waals surface area contributed by atoms with Gasteiger partial charge in [-0.05, 0) is 50.7 Å². The van der Waals surface area contributed by atoms with E-state index in [-0.39, 0.29) is 29.8 Å². The van der Waals surface area contributed by atoms with Gasteiger partial charge in [-0.3, -0.25) is 14.4 Å². The van der Waals surface area contributed by atoms with Gasteiger partial charge in [0.25, 0.3) is 5.91 Å². The van der Waals surface area contributed by atoms with E-state index >= 15 is 0 Å². The summed E-state index contributed by atoms with van der Waals surface area (Å²) in [5, 5.41) is 19.2. The predicted molar refractivity (Wildman–Crippen MR) is 134 cm³/mol. The van der Waals surface area contributed by atoms with Crippen LogP contribution >= 0.6 is 15.9 Å². The molecule has 3 saturated heterocycles. The number of hydrogen-bond acceptors (Lipinski definition) is 5. The number of nitrogens with zero attached hydrogens (tertiary/aromatic N) is 2. The maximum atomic E-state index is 14.4. The second-order valence-corrected chi connectivity index (χ2v) is 11.0. The number of carboxylic acid groups (broad SMARTS) is 1. The minimum absolute atomic E-state index is 0.0552. The van der Waals surface area contributed by atoms with Gasteiger partial charge in [-0.2, -0.15) is 0 Å². The number of hydrogen-bond donors (Lipinski definition) is 2. The molecule has 0 aliphatic carbocycles. The zero-order valence-corrected chi connectivity index (χ0v) is 21.7. The largest absolute Gasteiger partial charge is 0.481 e. The molecule has 1 aromatic carbocycles. The number of amides is 2. The van der Waals surface area contributed by atoms with Crippen molar-refractivity contribution >= 4 is 39.4 Å². The molecule has 2 amide bonds. The molecule has 8 nitrogen and oxygen atoms in total. The van der Waals surface area contributed by atoms with Gasteiger partial charge in [0.2, 0.25) is 5.91 Å². The molecule has 2 N–H and O–H groups in total. The first kappa shape index (κ1) is 25.9. The number of carbonyl (C=O) groups excluding carboxylic acids is 2. The zero-order valence-electron chi connectivity index (χ0n) is 20.2. The number of alkyl halides is 1. The first-order valence-corrected chi connectivity index (χ1v) is 13.1. The number of aliphatic carboxylic acids is 1. The Kier molecular flexibility index (Phi) is 7.41. The smallest absolute Gasteiger partial charge is 0.310 e. The van der Waals surface area contributed by atoms with Crippen LogP contribution in [0.5, 0.6) is 0 Å². The normalized spacial score (nSPS) is 31.0. The van der Waals surface area contributed by atoms with E-state index in [0.717, 1.165) is 16.8 Å². The third kappa shape index (κ3) is 4.11. The molecule has 190 valence electrons. The molecule has 3 aliphatic heterocycles. The van der Waals surface area contributed by atoms with Crippen molar-refractivity contribution in [1.29, 1.82) is 0 Å². The number of carbonyl (C=O) groups is 3. The minimum atomic E-state index is -1.21. The van der Waals surface area contributed by atoms with Crippen LogP contribution in [0, 0.1) is 25.7 Å². The van der Waals surface area contributed by atoms with Crippen LogP contribution in [-0.4, -0.2) is 75.2 Å². The fourth-order valence-corrected chi connectivity index (χ4v) is 7.24. The van der Waals surface area contributed by atoms with Gasteiger partial charge < -0.3 is 24.7 Å². The van der Waals surface area contributed by atoms with Gasteiger partial charge in [0.05, 0.1) is 17.9 Å². The fraction of sp³-hybridized carbons (Fsp3) is 0.577. The number of fused-ring (bicyclic) bond motifs is 1. The topological polar surface area (TPSA) is 107 Å². The summed E-state index contributed by atoms with van der Waals surface area (Å²) in [5.74, 6) is -3.61. The molecule has 6 atom stereocenters. The van der Waals surface area contributed by atoms with E-state index in [0.29, 0.717) is 32.2 Å². The van der Waals surface area contributed by atoms with E-state index in [1.54, 1.807) is 15.9 Å². The highest BCUT2D eigenvalue weighted by molar-refractivity contribution is 9.09. The summed E-state index contributed by atoms with van der Waals surface area (Å²) in [7, 11) is 0. The predicted octanol–water partition coefficient (Wildman–Crippen LogP) is 2.82. The molecular formula is C26H33BrN2O6. The number of aliphatic hydroxyl groups is 1. The number of benzene rings is 1. The second-order valence-electron chi connectivity index (χ2n) is 9.80. The molecule has 3 aliphatic rings. The second kappa shape index (κ2) is 10.0. The van der Waals surface area contributed by atoms with Crippen molar-refractivity contribution in [3.8, 4) is 0 Å². The minimum Gasteiger partial charge on any atom is -0.481 e. The van der Waals surface area contributed by atoms with Crippen LogP contribution in [0.4, 0.5) is 5.69 Å². The number of likely N-dealkylation sites (tertiary alicyclic amines) is 1. The van der Waals surface area contributed by atoms with Crippen LogP contribution in [0.2, 0.25) is 0 Å². The third-order valence-corrected chi connectivity index (χ3v) is 8.50. The van der Waals surface area contributed by atoms with Crippen LogP contribution in [0.15, 0.2) is 30.9 Å². The van der Waals surface area contributed by atoms with Crippen LogP contribution < -0.4 is 4.90 Å². The third-order valence-electron chi connectivity index (χ3n) is 7.65. The molecule has 9 heteroatoms. The number of anilines is 1. The summed E-state index contributed by atoms with van der Waals surface area (Å²) in [5.41, 5.74) is 1.41. The number of carboxylic acids is 1. The molecule has 1 spiro atoms. The lowest BCUT2D eigenvalue weighted by Crippen LogP contribution is -2.57. The fourth-order valence-electron chi connectivity index (χ4n) is 6.30. The van der Waals surface area contributed by atoms with E-state index in [9.17, 15) is 19.5 Å². The first-order chi connectivity index (χ1) is 16.7. The SMILES string of the molecule is C=CCN(C(=O)C1N(CCCCCO)C(=O)[C@@H]2[C@@H](C(=O)O)[C@@H]3OC12CC3Br)c1c(C)cccc1C. The van der Waals surface area contributed by atoms with Gasteiger partial charge in [-0.25, -0.2) is 0 Å². The average molecular weight is 549 g/mol. The Hall–Kier alpha value is -2.23. The summed E-state index contributed by atoms with van der Waals surface area (Å²) in [6, 6.07) is 4.86. The maximum Gasteiger partial charge on any atom is 0.310 e. The van der Waals surface area contributed by atoms with Gasteiger partial charge >= 0.3 is 5.97 Å². The number of halogens is 1. The van der Waals surface area contributed by atoms with Gasteiger partial charge in [-0.1, -0.05) is 40.2 Å². The van der Waals surface area contributed by atoms with E-state index in [2.05, 4.69) is 22.5 Å². The summed E-state index contributed by atoms with van der Waals surface area (Å²) in [6.07, 6.45) is 3.26. The number of rotatable bonds is 10. The van der Waals surface area contributed by atoms with Gasteiger partial charge in [-0.15, -0.1) is 6.58 Å². The molecule has 2 bridgehead atoms. The Morgan fingerprint density at radius 3 is 2.57 bits per heavy atom. The van der Waals surface area contributed by atoms with Crippen LogP contribution in [0.1, 0.15) is 36.8 Å². The molecule has 0 radical (unpaired) electrons. The highest BCUT2D eigenvalue weighted by atomic mass is 79.9. The first-order valence-electron chi connectivity index (χ1n) is 12.1. The Balaban J connectivity index is 1.79. The number of aryl methyl sites for hydroxylation is 2. The van der Waals surface area contributed by atoms with Crippen LogP contribution in [0.3, 0.4) is 0 Å². The van der Waals surface area contributed by atoms with Crippen molar-refractivity contribution in [1.82, 2.24) is 4.90 Å². The highest BCUT2D eigenvalue weighted by Gasteiger charge is 2.76. The van der Waals surface area contributed by atoms with Crippen molar-refractivity contribution in [2.24, 2.45) is 11.8 Å². The molecule has 1 aromatic rings. The summed E-state index contributed by atoms with van der Waals surface area (Å²) < 4.78 is 6.35. The summed E-state index contributed by atoms with van der Waals surface area (Å²) in [6.45, 7) is 8.32. The molecule has 35 heavy (non-hydrogen) atoms. The van der Waals surface area contributed by atoms with E-state index in [1.807, 2.05) is 32.0 Å². The monoisotopic (exact) mass is 548 g/mol. The zero-order chi connectivity index (χ0) is 25.5. The van der Waals surface area contributed by atoms with Gasteiger partial charge in [0.15, 0.2) is 0 Å². The van der Waals surface area contributed by atoms with Crippen LogP contribution in [0.25, 0.3) is 0 Å². The summed E-state index contributed by atoms with van der Waals surface area (Å²) >= 11 is 3.57. The van der Waals surface area contributed by atoms with Gasteiger partial charge in [0, 0.05) is 30.2 Å². The number of para-hydroxylation sites is 1. The molecule has 3 unspecified atom stereocenters. The Labute approximate surface area is 214 Å². The summed E-state index contributed by atoms with van der Waals surface area (Å²) in [4.78, 5) is 43.3. The molecular weight excluding hydrogens is 516 g/mol. The van der Waals surface area contributed by atoms with Crippen molar-refractivity contribution in [3.63, 3.8) is 0 Å². The van der Waals surface area contributed by atoms with Crippen molar-refractivity contribution in [2.45, 2.75) is 62.1 Å². The van der Waals surface area contributed by atoms with Crippen molar-refractivity contribution in [3.05, 3.63) is 42.0 Å². The molecule has 0 aromatic heterocycles.